The highest BCUT2D eigenvalue weighted by atomic mass is 32.2. The van der Waals surface area contributed by atoms with Crippen molar-refractivity contribution in [3.63, 3.8) is 0 Å². The molecule has 1 atom stereocenters. The molecular weight excluding hydrogens is 412 g/mol. The molecule has 2 aliphatic heterocycles. The summed E-state index contributed by atoms with van der Waals surface area (Å²) in [5, 5.41) is 13.9. The maximum Gasteiger partial charge on any atom is 0.172 e. The van der Waals surface area contributed by atoms with Crippen LogP contribution in [0.15, 0.2) is 23.5 Å². The summed E-state index contributed by atoms with van der Waals surface area (Å²) >= 11 is 0. The molecule has 0 amide bonds. The Balaban J connectivity index is 1.43. The van der Waals surface area contributed by atoms with Gasteiger partial charge >= 0.3 is 0 Å². The van der Waals surface area contributed by atoms with Gasteiger partial charge in [-0.05, 0) is 31.3 Å². The first kappa shape index (κ1) is 20.1. The van der Waals surface area contributed by atoms with E-state index in [0.29, 0.717) is 41.0 Å². The second-order valence-electron chi connectivity index (χ2n) is 8.23. The molecule has 31 heavy (non-hydrogen) atoms. The molecule has 9 heteroatoms. The lowest BCUT2D eigenvalue weighted by atomic mass is 9.77. The number of aliphatic hydroxyl groups is 1. The Morgan fingerprint density at radius 2 is 2.06 bits per heavy atom. The van der Waals surface area contributed by atoms with Crippen LogP contribution in [0, 0.1) is 12.3 Å². The van der Waals surface area contributed by atoms with Gasteiger partial charge in [-0.3, -0.25) is 4.21 Å². The number of anilines is 2. The molecule has 2 aromatic heterocycles. The molecule has 2 aromatic rings. The predicted octanol–water partition coefficient (Wildman–Crippen LogP) is 1.53. The van der Waals surface area contributed by atoms with Crippen molar-refractivity contribution in [2.75, 3.05) is 35.7 Å². The molecule has 0 unspecified atom stereocenters. The smallest absolute Gasteiger partial charge is 0.172 e. The van der Waals surface area contributed by atoms with E-state index >= 15 is 0 Å². The number of aryl methyl sites for hydroxylation is 1. The van der Waals surface area contributed by atoms with E-state index in [4.69, 9.17) is 16.4 Å². The normalized spacial score (nSPS) is 21.6. The van der Waals surface area contributed by atoms with Crippen molar-refractivity contribution < 1.29 is 9.32 Å². The zero-order valence-corrected chi connectivity index (χ0v) is 18.0. The quantitative estimate of drug-likeness (QED) is 0.680. The molecule has 0 saturated heterocycles. The third kappa shape index (κ3) is 3.70. The number of nitrogens with one attached hydrogen (secondary N) is 1. The number of hydrogen-bond donors (Lipinski definition) is 2. The van der Waals surface area contributed by atoms with Crippen LogP contribution in [-0.2, 0) is 17.2 Å². The molecular formula is C22H24N6O2S. The molecule has 0 aromatic carbocycles. The second-order valence-corrected chi connectivity index (χ2v) is 9.72. The predicted molar refractivity (Wildman–Crippen MR) is 119 cm³/mol. The minimum Gasteiger partial charge on any atom is -0.394 e. The minimum absolute atomic E-state index is 0.0450. The van der Waals surface area contributed by atoms with Gasteiger partial charge in [0.05, 0.1) is 34.2 Å². The third-order valence-corrected chi connectivity index (χ3v) is 7.60. The van der Waals surface area contributed by atoms with Crippen LogP contribution in [0.1, 0.15) is 42.8 Å². The van der Waals surface area contributed by atoms with Gasteiger partial charge in [-0.25, -0.2) is 19.9 Å². The van der Waals surface area contributed by atoms with E-state index in [-0.39, 0.29) is 12.1 Å². The van der Waals surface area contributed by atoms with E-state index in [0.717, 1.165) is 49.3 Å². The van der Waals surface area contributed by atoms with E-state index < -0.39 is 10.8 Å². The van der Waals surface area contributed by atoms with Crippen LogP contribution in [0.25, 0.3) is 5.57 Å². The van der Waals surface area contributed by atoms with Crippen molar-refractivity contribution in [1.82, 2.24) is 19.9 Å². The SMILES string of the molecule is C#Cc1cnc(C2=CCN(c3nc4c(nc3NC3(CO)CCC3)[S@@](=O)CC4)CC2)nc1. The van der Waals surface area contributed by atoms with E-state index in [1.807, 2.05) is 0 Å². The monoisotopic (exact) mass is 436 g/mol. The van der Waals surface area contributed by atoms with Gasteiger partial charge in [0, 0.05) is 37.7 Å². The van der Waals surface area contributed by atoms with Crippen LogP contribution in [0.5, 0.6) is 0 Å². The first-order chi connectivity index (χ1) is 15.1. The Morgan fingerprint density at radius 1 is 1.26 bits per heavy atom. The Bertz CT molecular complexity index is 1100. The van der Waals surface area contributed by atoms with Gasteiger partial charge in [0.25, 0.3) is 0 Å². The lowest BCUT2D eigenvalue weighted by molar-refractivity contribution is 0.143. The standard InChI is InChI=1S/C22H24N6O2S/c1-2-15-12-23-18(24-13-15)16-4-9-28(10-5-16)20-19(27-22(14-29)7-3-8-22)26-21-17(25-20)6-11-31(21)30/h1,4,12-13,29H,3,5-11,14H2,(H,26,27)/t31-/m0/s1. The van der Waals surface area contributed by atoms with E-state index in [1.54, 1.807) is 12.4 Å². The largest absolute Gasteiger partial charge is 0.394 e. The lowest BCUT2D eigenvalue weighted by Crippen LogP contribution is -2.49. The summed E-state index contributed by atoms with van der Waals surface area (Å²) in [4.78, 5) is 20.5. The topological polar surface area (TPSA) is 104 Å². The zero-order chi connectivity index (χ0) is 21.4. The van der Waals surface area contributed by atoms with Crippen LogP contribution in [0.2, 0.25) is 0 Å². The maximum atomic E-state index is 12.4. The Morgan fingerprint density at radius 3 is 2.68 bits per heavy atom. The van der Waals surface area contributed by atoms with Crippen LogP contribution < -0.4 is 10.2 Å². The van der Waals surface area contributed by atoms with E-state index in [2.05, 4.69) is 32.2 Å². The first-order valence-corrected chi connectivity index (χ1v) is 11.8. The number of terminal acetylenes is 1. The van der Waals surface area contributed by atoms with Crippen LogP contribution >= 0.6 is 0 Å². The third-order valence-electron chi connectivity index (χ3n) is 6.26. The molecule has 8 nitrogen and oxygen atoms in total. The molecule has 0 bridgehead atoms. The molecule has 5 rings (SSSR count). The van der Waals surface area contributed by atoms with E-state index in [1.165, 1.54) is 0 Å². The Hall–Kier alpha value is -2.83. The van der Waals surface area contributed by atoms with E-state index in [9.17, 15) is 9.32 Å². The molecule has 2 N–H and O–H groups in total. The lowest BCUT2D eigenvalue weighted by Gasteiger charge is -2.42. The van der Waals surface area contributed by atoms with Gasteiger partial charge < -0.3 is 15.3 Å². The summed E-state index contributed by atoms with van der Waals surface area (Å²) in [5.41, 5.74) is 2.20. The van der Waals surface area contributed by atoms with Crippen molar-refractivity contribution in [1.29, 1.82) is 0 Å². The summed E-state index contributed by atoms with van der Waals surface area (Å²) in [5.74, 6) is 5.18. The molecule has 0 radical (unpaired) electrons. The molecule has 0 spiro atoms. The summed E-state index contributed by atoms with van der Waals surface area (Å²) in [7, 11) is -1.11. The zero-order valence-electron chi connectivity index (χ0n) is 17.2. The van der Waals surface area contributed by atoms with Crippen molar-refractivity contribution in [3.8, 4) is 12.3 Å². The summed E-state index contributed by atoms with van der Waals surface area (Å²) < 4.78 is 12.4. The molecule has 1 aliphatic carbocycles. The maximum absolute atomic E-state index is 12.4. The Kier molecular flexibility index (Phi) is 5.20. The van der Waals surface area contributed by atoms with Gasteiger partial charge in [0.1, 0.15) is 0 Å². The number of rotatable bonds is 5. The molecule has 160 valence electrons. The van der Waals surface area contributed by atoms with Gasteiger partial charge in [0.2, 0.25) is 0 Å². The molecule has 1 saturated carbocycles. The highest BCUT2D eigenvalue weighted by Gasteiger charge is 2.38. The fourth-order valence-electron chi connectivity index (χ4n) is 4.19. The summed E-state index contributed by atoms with van der Waals surface area (Å²) in [6.07, 6.45) is 15.1. The van der Waals surface area contributed by atoms with Crippen LogP contribution in [-0.4, -0.2) is 60.2 Å². The summed E-state index contributed by atoms with van der Waals surface area (Å²) in [6, 6.07) is 0. The number of aromatic nitrogens is 4. The fourth-order valence-corrected chi connectivity index (χ4v) is 5.37. The first-order valence-electron chi connectivity index (χ1n) is 10.5. The number of nitrogens with zero attached hydrogens (tertiary/aromatic N) is 5. The fraction of sp³-hybridized carbons (Fsp3) is 0.455. The second kappa shape index (κ2) is 8.02. The summed E-state index contributed by atoms with van der Waals surface area (Å²) in [6.45, 7) is 1.43. The molecule has 1 fully saturated rings. The highest BCUT2D eigenvalue weighted by Crippen LogP contribution is 2.38. The Labute approximate surface area is 183 Å². The van der Waals surface area contributed by atoms with Gasteiger partial charge in [-0.15, -0.1) is 6.42 Å². The van der Waals surface area contributed by atoms with Crippen molar-refractivity contribution in [3.05, 3.63) is 35.6 Å². The average molecular weight is 437 g/mol. The van der Waals surface area contributed by atoms with Gasteiger partial charge in [0.15, 0.2) is 22.5 Å². The van der Waals surface area contributed by atoms with Crippen molar-refractivity contribution in [2.24, 2.45) is 0 Å². The molecule has 4 heterocycles. The van der Waals surface area contributed by atoms with Gasteiger partial charge in [-0.2, -0.15) is 0 Å². The van der Waals surface area contributed by atoms with Crippen LogP contribution in [0.3, 0.4) is 0 Å². The van der Waals surface area contributed by atoms with Gasteiger partial charge in [-0.1, -0.05) is 12.0 Å². The molecule has 3 aliphatic rings. The minimum atomic E-state index is -1.11. The van der Waals surface area contributed by atoms with Crippen LogP contribution in [0.4, 0.5) is 11.6 Å². The number of fused-ring (bicyclic) bond motifs is 1. The number of hydrogen-bond acceptors (Lipinski definition) is 8. The van der Waals surface area contributed by atoms with Crippen molar-refractivity contribution >= 4 is 28.0 Å². The van der Waals surface area contributed by atoms with Crippen molar-refractivity contribution in [2.45, 2.75) is 42.7 Å². The highest BCUT2D eigenvalue weighted by molar-refractivity contribution is 7.85. The average Bonchev–Trinajstić information content (AvgIpc) is 3.15. The number of aliphatic hydroxyl groups excluding tert-OH is 1.